The first-order valence-corrected chi connectivity index (χ1v) is 6.53. The maximum Gasteiger partial charge on any atom is -0.00488 e. The molecule has 4 unspecified atom stereocenters. The van der Waals surface area contributed by atoms with Crippen LogP contribution in [0.1, 0.15) is 51.9 Å². The van der Waals surface area contributed by atoms with Crippen molar-refractivity contribution >= 4 is 0 Å². The van der Waals surface area contributed by atoms with Crippen LogP contribution in [0.5, 0.6) is 0 Å². The molecule has 2 aliphatic rings. The van der Waals surface area contributed by atoms with Crippen molar-refractivity contribution in [3.8, 4) is 0 Å². The first kappa shape index (κ1) is 10.5. The van der Waals surface area contributed by atoms with Crippen LogP contribution in [0.15, 0.2) is 0 Å². The van der Waals surface area contributed by atoms with Crippen LogP contribution in [0.4, 0.5) is 0 Å². The molecule has 2 aliphatic carbocycles. The molecule has 0 spiro atoms. The van der Waals surface area contributed by atoms with E-state index in [1.165, 1.54) is 38.5 Å². The summed E-state index contributed by atoms with van der Waals surface area (Å²) in [5.74, 6) is 4.06. The van der Waals surface area contributed by atoms with E-state index in [1.54, 1.807) is 6.42 Å². The van der Waals surface area contributed by atoms with E-state index in [-0.39, 0.29) is 0 Å². The standard InChI is InChI=1S/C13H25N/c1-2-3-11(9-14)8-13-7-10-4-5-12(13)6-10/h10-13H,2-9,14H2,1H3. The number of hydrogen-bond donors (Lipinski definition) is 1. The van der Waals surface area contributed by atoms with E-state index < -0.39 is 0 Å². The summed E-state index contributed by atoms with van der Waals surface area (Å²) in [6, 6.07) is 0. The van der Waals surface area contributed by atoms with Crippen LogP contribution in [0.3, 0.4) is 0 Å². The second-order valence-corrected chi connectivity index (χ2v) is 5.56. The fourth-order valence-corrected chi connectivity index (χ4v) is 3.83. The van der Waals surface area contributed by atoms with Gasteiger partial charge in [-0.15, -0.1) is 0 Å². The van der Waals surface area contributed by atoms with Gasteiger partial charge in [-0.2, -0.15) is 0 Å². The van der Waals surface area contributed by atoms with Crippen molar-refractivity contribution in [1.82, 2.24) is 0 Å². The molecule has 2 bridgehead atoms. The quantitative estimate of drug-likeness (QED) is 0.716. The van der Waals surface area contributed by atoms with E-state index in [4.69, 9.17) is 5.73 Å². The molecule has 2 rings (SSSR count). The van der Waals surface area contributed by atoms with E-state index in [0.717, 1.165) is 30.2 Å². The third kappa shape index (κ3) is 2.13. The SMILES string of the molecule is CCCC(CN)CC1CC2CCC1C2. The second-order valence-electron chi connectivity index (χ2n) is 5.56. The van der Waals surface area contributed by atoms with Gasteiger partial charge in [0.2, 0.25) is 0 Å². The van der Waals surface area contributed by atoms with Crippen LogP contribution in [0.25, 0.3) is 0 Å². The number of nitrogens with two attached hydrogens (primary N) is 1. The Morgan fingerprint density at radius 3 is 2.64 bits per heavy atom. The Bertz CT molecular complexity index is 178. The van der Waals surface area contributed by atoms with Crippen LogP contribution < -0.4 is 5.73 Å². The van der Waals surface area contributed by atoms with Crippen molar-refractivity contribution in [2.24, 2.45) is 29.4 Å². The van der Waals surface area contributed by atoms with Crippen LogP contribution in [-0.4, -0.2) is 6.54 Å². The van der Waals surface area contributed by atoms with Crippen LogP contribution in [0, 0.1) is 23.7 Å². The Balaban J connectivity index is 1.79. The number of rotatable bonds is 5. The molecule has 82 valence electrons. The molecule has 0 aliphatic heterocycles. The van der Waals surface area contributed by atoms with Crippen LogP contribution >= 0.6 is 0 Å². The van der Waals surface area contributed by atoms with E-state index in [0.29, 0.717) is 0 Å². The van der Waals surface area contributed by atoms with Crippen molar-refractivity contribution in [3.05, 3.63) is 0 Å². The van der Waals surface area contributed by atoms with Gasteiger partial charge in [0.15, 0.2) is 0 Å². The third-order valence-electron chi connectivity index (χ3n) is 4.55. The van der Waals surface area contributed by atoms with Gasteiger partial charge in [0.1, 0.15) is 0 Å². The van der Waals surface area contributed by atoms with E-state index in [2.05, 4.69) is 6.92 Å². The normalized spacial score (nSPS) is 37.7. The molecule has 0 heterocycles. The first-order valence-electron chi connectivity index (χ1n) is 6.53. The molecule has 2 saturated carbocycles. The first-order chi connectivity index (χ1) is 6.83. The average Bonchev–Trinajstić information content (AvgIpc) is 2.78. The summed E-state index contributed by atoms with van der Waals surface area (Å²) in [6.07, 6.45) is 10.2. The highest BCUT2D eigenvalue weighted by molar-refractivity contribution is 4.90. The summed E-state index contributed by atoms with van der Waals surface area (Å²) in [6.45, 7) is 3.20. The van der Waals surface area contributed by atoms with E-state index in [1.807, 2.05) is 0 Å². The molecule has 0 aromatic heterocycles. The minimum atomic E-state index is 0.823. The molecule has 2 N–H and O–H groups in total. The molecule has 1 heteroatoms. The maximum absolute atomic E-state index is 5.84. The zero-order valence-electron chi connectivity index (χ0n) is 9.54. The van der Waals surface area contributed by atoms with Crippen molar-refractivity contribution in [3.63, 3.8) is 0 Å². The Kier molecular flexibility index (Phi) is 3.48. The summed E-state index contributed by atoms with van der Waals surface area (Å²) in [7, 11) is 0. The van der Waals surface area contributed by atoms with Gasteiger partial charge in [-0.3, -0.25) is 0 Å². The minimum Gasteiger partial charge on any atom is -0.330 e. The largest absolute Gasteiger partial charge is 0.330 e. The fourth-order valence-electron chi connectivity index (χ4n) is 3.83. The fraction of sp³-hybridized carbons (Fsp3) is 1.00. The van der Waals surface area contributed by atoms with Gasteiger partial charge < -0.3 is 5.73 Å². The van der Waals surface area contributed by atoms with Gasteiger partial charge in [0, 0.05) is 0 Å². The van der Waals surface area contributed by atoms with Gasteiger partial charge >= 0.3 is 0 Å². The lowest BCUT2D eigenvalue weighted by Crippen LogP contribution is -2.21. The Labute approximate surface area is 88.4 Å². The second kappa shape index (κ2) is 4.65. The molecule has 0 saturated heterocycles. The summed E-state index contributed by atoms with van der Waals surface area (Å²) in [4.78, 5) is 0. The lowest BCUT2D eigenvalue weighted by Gasteiger charge is -2.25. The highest BCUT2D eigenvalue weighted by Crippen LogP contribution is 2.50. The summed E-state index contributed by atoms with van der Waals surface area (Å²) in [5, 5.41) is 0. The van der Waals surface area contributed by atoms with Crippen molar-refractivity contribution < 1.29 is 0 Å². The zero-order valence-corrected chi connectivity index (χ0v) is 9.54. The molecular weight excluding hydrogens is 170 g/mol. The highest BCUT2D eigenvalue weighted by Gasteiger charge is 2.39. The Morgan fingerprint density at radius 1 is 1.29 bits per heavy atom. The molecule has 0 amide bonds. The van der Waals surface area contributed by atoms with E-state index >= 15 is 0 Å². The molecule has 14 heavy (non-hydrogen) atoms. The molecule has 0 aromatic rings. The summed E-state index contributed by atoms with van der Waals surface area (Å²) in [5.41, 5.74) is 5.84. The van der Waals surface area contributed by atoms with Gasteiger partial charge in [-0.1, -0.05) is 19.8 Å². The van der Waals surface area contributed by atoms with Gasteiger partial charge in [-0.25, -0.2) is 0 Å². The zero-order chi connectivity index (χ0) is 9.97. The van der Waals surface area contributed by atoms with Gasteiger partial charge in [0.05, 0.1) is 0 Å². The lowest BCUT2D eigenvalue weighted by molar-refractivity contribution is 0.262. The number of fused-ring (bicyclic) bond motifs is 2. The van der Waals surface area contributed by atoms with Crippen molar-refractivity contribution in [1.29, 1.82) is 0 Å². The molecule has 0 radical (unpaired) electrons. The molecule has 4 atom stereocenters. The third-order valence-corrected chi connectivity index (χ3v) is 4.55. The topological polar surface area (TPSA) is 26.0 Å². The van der Waals surface area contributed by atoms with Crippen molar-refractivity contribution in [2.75, 3.05) is 6.54 Å². The lowest BCUT2D eigenvalue weighted by atomic mass is 9.81. The summed E-state index contributed by atoms with van der Waals surface area (Å²) >= 11 is 0. The highest BCUT2D eigenvalue weighted by atomic mass is 14.6. The van der Waals surface area contributed by atoms with Crippen LogP contribution in [-0.2, 0) is 0 Å². The van der Waals surface area contributed by atoms with Crippen LogP contribution in [0.2, 0.25) is 0 Å². The molecular formula is C13H25N. The average molecular weight is 195 g/mol. The van der Waals surface area contributed by atoms with E-state index in [9.17, 15) is 0 Å². The molecule has 0 aromatic carbocycles. The molecule has 1 nitrogen and oxygen atoms in total. The Morgan fingerprint density at radius 2 is 2.14 bits per heavy atom. The van der Waals surface area contributed by atoms with Crippen molar-refractivity contribution in [2.45, 2.75) is 51.9 Å². The predicted octanol–water partition coefficient (Wildman–Crippen LogP) is 3.19. The number of hydrogen-bond acceptors (Lipinski definition) is 1. The monoisotopic (exact) mass is 195 g/mol. The minimum absolute atomic E-state index is 0.823. The predicted molar refractivity (Wildman–Crippen MR) is 61.0 cm³/mol. The molecule has 2 fully saturated rings. The smallest absolute Gasteiger partial charge is 0.00488 e. The summed E-state index contributed by atoms with van der Waals surface area (Å²) < 4.78 is 0. The van der Waals surface area contributed by atoms with Gasteiger partial charge in [-0.05, 0) is 62.3 Å². The van der Waals surface area contributed by atoms with Gasteiger partial charge in [0.25, 0.3) is 0 Å². The Hall–Kier alpha value is -0.0400. The maximum atomic E-state index is 5.84.